The van der Waals surface area contributed by atoms with Crippen molar-refractivity contribution in [2.45, 2.75) is 0 Å². The van der Waals surface area contributed by atoms with Crippen molar-refractivity contribution in [3.8, 4) is 137 Å². The molecule has 30 nitrogen and oxygen atoms in total. The van der Waals surface area contributed by atoms with Crippen molar-refractivity contribution in [3.63, 3.8) is 0 Å². The van der Waals surface area contributed by atoms with E-state index in [1.54, 1.807) is 36.4 Å². The van der Waals surface area contributed by atoms with Crippen molar-refractivity contribution in [2.24, 2.45) is 0 Å². The van der Waals surface area contributed by atoms with Crippen LogP contribution in [0.3, 0.4) is 0 Å². The molecule has 6 N–H and O–H groups in total. The van der Waals surface area contributed by atoms with Crippen LogP contribution in [0.5, 0.6) is 0 Å². The Morgan fingerprint density at radius 2 is 0.292 bits per heavy atom. The van der Waals surface area contributed by atoms with E-state index in [0.717, 1.165) is 99.1 Å². The van der Waals surface area contributed by atoms with E-state index in [0.29, 0.717) is 170 Å². The molecule has 6 aliphatic rings. The van der Waals surface area contributed by atoms with E-state index in [9.17, 15) is 29.7 Å². The molecule has 606 valence electrons. The van der Waals surface area contributed by atoms with Crippen LogP contribution in [0.2, 0.25) is 0 Å². The van der Waals surface area contributed by atoms with Gasteiger partial charge in [0.15, 0.2) is 69.9 Å². The third-order valence-corrected chi connectivity index (χ3v) is 23.4. The van der Waals surface area contributed by atoms with Gasteiger partial charge in [-0.1, -0.05) is 273 Å². The Morgan fingerprint density at radius 1 is 0.162 bits per heavy atom. The number of H-pyrrole nitrogens is 6. The van der Waals surface area contributed by atoms with Crippen LogP contribution in [0.4, 0.5) is 0 Å². The van der Waals surface area contributed by atoms with Crippen molar-refractivity contribution in [1.82, 2.24) is 120 Å². The summed E-state index contributed by atoms with van der Waals surface area (Å²) in [5, 5.41) is 44.8. The van der Waals surface area contributed by atoms with Crippen LogP contribution >= 0.6 is 0 Å². The molecule has 31 heteroatoms. The first kappa shape index (κ1) is 75.4. The molecule has 0 aliphatic carbocycles. The molecule has 130 heavy (non-hydrogen) atoms. The van der Waals surface area contributed by atoms with E-state index in [4.69, 9.17) is 89.7 Å². The summed E-state index contributed by atoms with van der Waals surface area (Å²) in [6.45, 7) is 0. The van der Waals surface area contributed by atoms with Crippen LogP contribution in [0.15, 0.2) is 273 Å². The number of hydrogen-bond acceptors (Lipinski definition) is 24. The van der Waals surface area contributed by atoms with Gasteiger partial charge in [-0.05, 0) is 0 Å². The van der Waals surface area contributed by atoms with Crippen molar-refractivity contribution in [3.05, 3.63) is 290 Å². The summed E-state index contributed by atoms with van der Waals surface area (Å²) in [5.41, 5.74) is 15.3. The van der Waals surface area contributed by atoms with Crippen molar-refractivity contribution in [1.29, 1.82) is 0 Å². The molecule has 0 amide bonds. The Balaban J connectivity index is 0.000000108. The number of nitrogens with one attached hydrogen (secondary N) is 6. The molecule has 0 unspecified atom stereocenters. The maximum Gasteiger partial charge on any atom is 3.00 e. The molecule has 24 bridgehead atoms. The van der Waals surface area contributed by atoms with Gasteiger partial charge < -0.3 is 59.6 Å². The zero-order valence-electron chi connectivity index (χ0n) is 67.1. The number of carbonyl (C=O) groups is 3. The fourth-order valence-corrected chi connectivity index (χ4v) is 17.6. The van der Waals surface area contributed by atoms with Crippen molar-refractivity contribution < 1.29 is 29.7 Å². The second-order valence-electron chi connectivity index (χ2n) is 30.8. The number of carbonyl (C=O) groups excluding carboxylic acids is 3. The number of aromatic carboxylic acids is 3. The quantitative estimate of drug-likeness (QED) is 0.0895. The van der Waals surface area contributed by atoms with Crippen LogP contribution in [-0.2, 0) is 0 Å². The number of hydrogen-bond donors (Lipinski definition) is 6. The van der Waals surface area contributed by atoms with Gasteiger partial charge in [0.25, 0.3) is 0 Å². The standard InChI is InChI=1S/3C33H18N8O2.Al/c3*42-33(43)23-15-7-14-22-24(23)32-40-30-21-13-6-5-12-20(21)28(38-30)36-26-17-9-2-1-8-16(17)25(34-26)35-27-18-10-3-4-11-19(18)29(37-27)39-31(22)41-32;/h3*1-15H,(H,42,43)(H2,34,35,36,37,38,39,40,41);/q;;;+3/p-3. The van der Waals surface area contributed by atoms with E-state index in [1.165, 1.54) is 18.2 Å². The molecule has 0 radical (unpaired) electrons. The Labute approximate surface area is 738 Å². The first-order chi connectivity index (χ1) is 63.4. The molecular weight excluding hydrogens is 1650 g/mol. The van der Waals surface area contributed by atoms with E-state index < -0.39 is 17.9 Å². The maximum atomic E-state index is 12.2. The fraction of sp³-hybridized carbons (Fsp3) is 0. The molecule has 0 saturated carbocycles. The van der Waals surface area contributed by atoms with Gasteiger partial charge >= 0.3 is 17.4 Å². The number of fused-ring (bicyclic) bond motifs is 60. The molecule has 0 saturated heterocycles. The van der Waals surface area contributed by atoms with E-state index >= 15 is 0 Å². The smallest absolute Gasteiger partial charge is 0.545 e. The van der Waals surface area contributed by atoms with Crippen LogP contribution in [0, 0.1) is 0 Å². The maximum absolute atomic E-state index is 12.2. The summed E-state index contributed by atoms with van der Waals surface area (Å²) in [6.07, 6.45) is 0. The van der Waals surface area contributed by atoms with Crippen LogP contribution in [0.25, 0.3) is 269 Å². The molecular formula is C99H51AlN24O6. The molecule has 15 heterocycles. The van der Waals surface area contributed by atoms with Crippen LogP contribution in [0.1, 0.15) is 31.1 Å². The fourth-order valence-electron chi connectivity index (χ4n) is 17.6. The predicted octanol–water partition coefficient (Wildman–Crippen LogP) is 15.3. The van der Waals surface area contributed by atoms with Crippen molar-refractivity contribution in [2.75, 3.05) is 0 Å². The third-order valence-electron chi connectivity index (χ3n) is 23.4. The van der Waals surface area contributed by atoms with Crippen LogP contribution < -0.4 is 15.3 Å². The van der Waals surface area contributed by atoms with Gasteiger partial charge in [0, 0.05) is 148 Å². The Bertz CT molecular complexity index is 8370. The molecule has 9 aromatic heterocycles. The van der Waals surface area contributed by atoms with Gasteiger partial charge in [-0.2, -0.15) is 0 Å². The number of carboxylic acid groups (broad SMARTS) is 3. The first-order valence-electron chi connectivity index (χ1n) is 40.7. The molecule has 6 aliphatic heterocycles. The molecule has 21 aromatic rings. The normalized spacial score (nSPS) is 11.8. The van der Waals surface area contributed by atoms with Gasteiger partial charge in [-0.15, -0.1) is 0 Å². The largest absolute Gasteiger partial charge is 3.00 e. The minimum atomic E-state index is -1.32. The molecule has 0 spiro atoms. The van der Waals surface area contributed by atoms with Gasteiger partial charge in [-0.25, -0.2) is 89.7 Å². The first-order valence-corrected chi connectivity index (χ1v) is 40.7. The third kappa shape index (κ3) is 12.1. The minimum absolute atomic E-state index is 0. The van der Waals surface area contributed by atoms with Crippen LogP contribution in [-0.4, -0.2) is 155 Å². The predicted molar refractivity (Wildman–Crippen MR) is 487 cm³/mol. The Kier molecular flexibility index (Phi) is 17.1. The van der Waals surface area contributed by atoms with Gasteiger partial charge in [-0.3, -0.25) is 0 Å². The Morgan fingerprint density at radius 3 is 0.454 bits per heavy atom. The zero-order valence-corrected chi connectivity index (χ0v) is 68.2. The number of benzene rings is 12. The van der Waals surface area contributed by atoms with E-state index in [2.05, 4.69) is 29.9 Å². The average Bonchev–Trinajstić information content (AvgIpc) is 1.60. The summed E-state index contributed by atoms with van der Waals surface area (Å²) < 4.78 is 0. The SMILES string of the molecule is O=C([O-])c1cccc2c3nc4nc(nc5[nH]c(nc6nc(nc([nH]3)c12)-c1ccccc1-6)c1ccccc51)-c1ccccc1-4.O=C([O-])c1cccc2c3nc4nc(nc5[nH]c(nc6nc(nc([nH]3)c12)-c1ccccc1-6)c1ccccc51)-c1ccccc1-4.O=C([O-])c1cccc2c3nc4nc(nc5[nH]c(nc6nc(nc([nH]3)c12)-c1ccccc1-6)c1ccccc51)-c1ccccc1-4.[Al+3]. The van der Waals surface area contributed by atoms with Gasteiger partial charge in [0.1, 0.15) is 67.8 Å². The number of nitrogens with zero attached hydrogens (tertiary/aromatic N) is 18. The summed E-state index contributed by atoms with van der Waals surface area (Å²) in [5.74, 6) is 1.45. The summed E-state index contributed by atoms with van der Waals surface area (Å²) in [4.78, 5) is 145. The van der Waals surface area contributed by atoms with E-state index in [-0.39, 0.29) is 34.1 Å². The molecule has 27 rings (SSSR count). The summed E-state index contributed by atoms with van der Waals surface area (Å²) in [7, 11) is 0. The second kappa shape index (κ2) is 29.4. The zero-order chi connectivity index (χ0) is 86.0. The topological polar surface area (TPSA) is 447 Å². The molecule has 0 atom stereocenters. The Hall–Kier alpha value is -18.3. The van der Waals surface area contributed by atoms with Gasteiger partial charge in [0.2, 0.25) is 0 Å². The minimum Gasteiger partial charge on any atom is -0.545 e. The number of carboxylic acids is 3. The summed E-state index contributed by atoms with van der Waals surface area (Å²) >= 11 is 0. The molecule has 12 aromatic carbocycles. The number of rotatable bonds is 3. The summed E-state index contributed by atoms with van der Waals surface area (Å²) in [6, 6.07) is 84.7. The second-order valence-corrected chi connectivity index (χ2v) is 30.8. The molecule has 0 fully saturated rings. The monoisotopic (exact) mass is 1700 g/mol. The number of aromatic nitrogens is 24. The van der Waals surface area contributed by atoms with Crippen molar-refractivity contribution >= 4 is 168 Å². The average molecular weight is 1700 g/mol. The van der Waals surface area contributed by atoms with E-state index in [1.807, 2.05) is 218 Å². The van der Waals surface area contributed by atoms with Gasteiger partial charge in [0.05, 0.1) is 17.9 Å². The number of aromatic amines is 6.